The number of halogens is 6. The molecule has 1 fully saturated rings. The number of nitrogens with zero attached hydrogens (tertiary/aromatic N) is 1. The van der Waals surface area contributed by atoms with Crippen LogP contribution in [-0.2, 0) is 26.7 Å². The smallest absolute Gasteiger partial charge is 0.416 e. The molecule has 3 amide bonds. The monoisotopic (exact) mass is 714 g/mol. The number of urea groups is 1. The molecule has 2 aromatic rings. The number of hydrogen-bond acceptors (Lipinski definition) is 10. The molecule has 5 rings (SSSR count). The summed E-state index contributed by atoms with van der Waals surface area (Å²) in [5, 5.41) is 60.8. The third-order valence-corrected chi connectivity index (χ3v) is 9.22. The molecule has 19 heteroatoms. The second kappa shape index (κ2) is 11.7. The first kappa shape index (κ1) is 36.1. The second-order valence-corrected chi connectivity index (χ2v) is 12.3. The number of rotatable bonds is 4. The van der Waals surface area contributed by atoms with Crippen molar-refractivity contribution in [3.8, 4) is 5.75 Å². The lowest BCUT2D eigenvalue weighted by molar-refractivity contribution is -0.169. The summed E-state index contributed by atoms with van der Waals surface area (Å²) in [6.07, 6.45) is -12.3. The van der Waals surface area contributed by atoms with Gasteiger partial charge in [0.2, 0.25) is 5.78 Å². The molecule has 0 aromatic heterocycles. The minimum absolute atomic E-state index is 0.0609. The number of aliphatic hydroxyl groups is 4. The van der Waals surface area contributed by atoms with Crippen LogP contribution in [0.4, 0.5) is 42.5 Å². The lowest BCUT2D eigenvalue weighted by Gasteiger charge is -2.53. The van der Waals surface area contributed by atoms with Crippen molar-refractivity contribution in [2.75, 3.05) is 24.7 Å². The first-order chi connectivity index (χ1) is 22.9. The number of ketones is 2. The average molecular weight is 715 g/mol. The van der Waals surface area contributed by atoms with E-state index in [9.17, 15) is 71.1 Å². The number of amides is 3. The van der Waals surface area contributed by atoms with Crippen molar-refractivity contribution in [2.24, 2.45) is 17.6 Å². The van der Waals surface area contributed by atoms with E-state index in [1.165, 1.54) is 32.0 Å². The summed E-state index contributed by atoms with van der Waals surface area (Å²) in [4.78, 5) is 53.4. The van der Waals surface area contributed by atoms with Crippen molar-refractivity contribution in [1.82, 2.24) is 4.90 Å². The quantitative estimate of drug-likeness (QED) is 0.131. The molecule has 2 aromatic carbocycles. The van der Waals surface area contributed by atoms with Gasteiger partial charge in [0, 0.05) is 17.2 Å². The van der Waals surface area contributed by atoms with Crippen molar-refractivity contribution in [3.63, 3.8) is 0 Å². The Labute approximate surface area is 277 Å². The maximum absolute atomic E-state index is 14.1. The van der Waals surface area contributed by atoms with Gasteiger partial charge in [0.05, 0.1) is 40.4 Å². The molecule has 0 saturated heterocycles. The molecule has 3 aliphatic rings. The van der Waals surface area contributed by atoms with Crippen LogP contribution in [0.5, 0.6) is 5.75 Å². The number of phenolic OH excluding ortho intramolecular Hbond substituents is 1. The molecule has 0 aliphatic heterocycles. The highest BCUT2D eigenvalue weighted by molar-refractivity contribution is 6.24. The van der Waals surface area contributed by atoms with E-state index >= 15 is 0 Å². The fourth-order valence-corrected chi connectivity index (χ4v) is 7.03. The Kier molecular flexibility index (Phi) is 8.48. The van der Waals surface area contributed by atoms with Crippen LogP contribution in [0.15, 0.2) is 47.2 Å². The molecule has 0 spiro atoms. The van der Waals surface area contributed by atoms with E-state index in [4.69, 9.17) is 5.73 Å². The summed E-state index contributed by atoms with van der Waals surface area (Å²) in [5.41, 5.74) is -5.14. The summed E-state index contributed by atoms with van der Waals surface area (Å²) >= 11 is 0. The number of benzene rings is 2. The number of carbonyl (C=O) groups is 4. The number of aromatic hydroxyl groups is 1. The molecule has 0 bridgehead atoms. The molecule has 3 aliphatic carbocycles. The Morgan fingerprint density at radius 1 is 0.940 bits per heavy atom. The number of primary amides is 1. The number of anilines is 2. The Morgan fingerprint density at radius 3 is 2.00 bits per heavy atom. The number of nitrogens with two attached hydrogens (primary N) is 1. The first-order valence-corrected chi connectivity index (χ1v) is 14.5. The highest BCUT2D eigenvalue weighted by Gasteiger charge is 2.68. The van der Waals surface area contributed by atoms with Crippen molar-refractivity contribution < 1.29 is 71.1 Å². The molecule has 6 atom stereocenters. The zero-order valence-electron chi connectivity index (χ0n) is 25.9. The third-order valence-electron chi connectivity index (χ3n) is 9.22. The Morgan fingerprint density at radius 2 is 1.50 bits per heavy atom. The van der Waals surface area contributed by atoms with Crippen molar-refractivity contribution in [3.05, 3.63) is 69.5 Å². The number of phenols is 1. The number of hydrogen-bond donors (Lipinski definition) is 8. The SMILES string of the molecule is C[C@@H]1c2ccc(NC(=O)Nc3cc(C(F)(F)F)cc(C(F)(F)F)c3)c(O)c2C(O)=C2C(=O)[C@]3(O)C(O)=C(C(N)=O)C(=O)[C@@H](N(C)C)[C@H]3C(O)[C@H]21. The number of alkyl halides is 6. The zero-order valence-corrected chi connectivity index (χ0v) is 25.9. The van der Waals surface area contributed by atoms with Gasteiger partial charge in [-0.3, -0.25) is 19.3 Å². The van der Waals surface area contributed by atoms with Crippen LogP contribution >= 0.6 is 0 Å². The molecule has 9 N–H and O–H groups in total. The molecular weight excluding hydrogens is 686 g/mol. The molecule has 1 saturated carbocycles. The Hall–Kier alpha value is -5.14. The number of fused-ring (bicyclic) bond motifs is 3. The van der Waals surface area contributed by atoms with Gasteiger partial charge >= 0.3 is 18.4 Å². The van der Waals surface area contributed by atoms with Crippen LogP contribution < -0.4 is 16.4 Å². The van der Waals surface area contributed by atoms with Crippen molar-refractivity contribution in [2.45, 2.75) is 42.9 Å². The predicted octanol–water partition coefficient (Wildman–Crippen LogP) is 3.18. The van der Waals surface area contributed by atoms with Crippen molar-refractivity contribution in [1.29, 1.82) is 0 Å². The lowest BCUT2D eigenvalue weighted by Crippen LogP contribution is -2.70. The van der Waals surface area contributed by atoms with Gasteiger partial charge in [-0.05, 0) is 49.8 Å². The summed E-state index contributed by atoms with van der Waals surface area (Å²) in [6, 6.07) is -0.388. The highest BCUT2D eigenvalue weighted by atomic mass is 19.4. The van der Waals surface area contributed by atoms with E-state index < -0.39 is 128 Å². The number of carbonyl (C=O) groups excluding carboxylic acids is 4. The maximum Gasteiger partial charge on any atom is 0.416 e. The van der Waals surface area contributed by atoms with Gasteiger partial charge in [-0.1, -0.05) is 13.0 Å². The van der Waals surface area contributed by atoms with E-state index in [1.54, 1.807) is 0 Å². The second-order valence-electron chi connectivity index (χ2n) is 12.3. The van der Waals surface area contributed by atoms with Crippen molar-refractivity contribution >= 4 is 40.6 Å². The zero-order chi connectivity index (χ0) is 37.6. The first-order valence-electron chi connectivity index (χ1n) is 14.5. The Balaban J connectivity index is 1.57. The van der Waals surface area contributed by atoms with Gasteiger partial charge in [0.15, 0.2) is 11.4 Å². The molecule has 0 heterocycles. The lowest BCUT2D eigenvalue weighted by atomic mass is 9.54. The molecule has 50 heavy (non-hydrogen) atoms. The third kappa shape index (κ3) is 5.41. The maximum atomic E-state index is 14.1. The van der Waals surface area contributed by atoms with Crippen LogP contribution in [0.2, 0.25) is 0 Å². The van der Waals surface area contributed by atoms with E-state index in [2.05, 4.69) is 0 Å². The highest BCUT2D eigenvalue weighted by Crippen LogP contribution is 2.56. The van der Waals surface area contributed by atoms with Crippen LogP contribution in [-0.4, -0.2) is 85.8 Å². The minimum atomic E-state index is -5.21. The normalized spacial score (nSPS) is 26.8. The Bertz CT molecular complexity index is 1890. The van der Waals surface area contributed by atoms with Gasteiger partial charge in [0.1, 0.15) is 22.8 Å². The topological polar surface area (TPSA) is 223 Å². The van der Waals surface area contributed by atoms with Crippen LogP contribution in [0.25, 0.3) is 5.76 Å². The van der Waals surface area contributed by atoms with Gasteiger partial charge in [0.25, 0.3) is 5.91 Å². The van der Waals surface area contributed by atoms with Crippen LogP contribution in [0.3, 0.4) is 0 Å². The van der Waals surface area contributed by atoms with E-state index in [0.717, 1.165) is 6.07 Å². The fraction of sp³-hybridized carbons (Fsp3) is 0.355. The van der Waals surface area contributed by atoms with Gasteiger partial charge in [-0.25, -0.2) is 4.79 Å². The average Bonchev–Trinajstić information content (AvgIpc) is 2.98. The summed E-state index contributed by atoms with van der Waals surface area (Å²) in [5.74, 6) is -11.7. The molecule has 13 nitrogen and oxygen atoms in total. The molecular formula is C31H28F6N4O9. The summed E-state index contributed by atoms with van der Waals surface area (Å²) in [7, 11) is 2.68. The summed E-state index contributed by atoms with van der Waals surface area (Å²) < 4.78 is 79.6. The molecule has 268 valence electrons. The van der Waals surface area contributed by atoms with Crippen LogP contribution in [0, 0.1) is 11.8 Å². The number of nitrogens with one attached hydrogen (secondary N) is 2. The standard InChI is InChI=1S/C31H28F6N4O9/c1-9-13-4-5-14(40-28(49)39-12-7-10(30(32,33)34)6-11(8-12)31(35,36)37)21(42)16(13)22(43)17-15(9)23(44)19-20(41(2)3)24(45)18(27(38)48)26(47)29(19,50)25(17)46/h4-9,15,19-20,23,42-44,47,50H,1-3H3,(H2,38,48)(H2,39,40,49)/t9-,15+,19+,20+,23?,29+/m1/s1. The fourth-order valence-electron chi connectivity index (χ4n) is 7.03. The molecule has 0 radical (unpaired) electrons. The van der Waals surface area contributed by atoms with Gasteiger partial charge in [-0.15, -0.1) is 0 Å². The van der Waals surface area contributed by atoms with Gasteiger partial charge < -0.3 is 41.9 Å². The number of aliphatic hydroxyl groups excluding tert-OH is 3. The van der Waals surface area contributed by atoms with E-state index in [-0.39, 0.29) is 23.8 Å². The number of likely N-dealkylation sites (N-methyl/N-ethyl adjacent to an activating group) is 1. The minimum Gasteiger partial charge on any atom is -0.508 e. The summed E-state index contributed by atoms with van der Waals surface area (Å²) in [6.45, 7) is 1.45. The predicted molar refractivity (Wildman–Crippen MR) is 159 cm³/mol. The van der Waals surface area contributed by atoms with E-state index in [1.807, 2.05) is 10.6 Å². The number of Topliss-reactive ketones (excluding diaryl/α,β-unsaturated/α-hetero) is 2. The van der Waals surface area contributed by atoms with Gasteiger partial charge in [-0.2, -0.15) is 26.3 Å². The molecule has 1 unspecified atom stereocenters. The van der Waals surface area contributed by atoms with Crippen LogP contribution in [0.1, 0.15) is 35.1 Å². The largest absolute Gasteiger partial charge is 0.508 e. The van der Waals surface area contributed by atoms with E-state index in [0.29, 0.717) is 0 Å².